The van der Waals surface area contributed by atoms with Crippen LogP contribution >= 0.6 is 23.1 Å². The molecule has 0 saturated carbocycles. The van der Waals surface area contributed by atoms with E-state index in [1.165, 1.54) is 68.9 Å². The highest BCUT2D eigenvalue weighted by molar-refractivity contribution is 7.99. The first-order chi connectivity index (χ1) is 29.7. The van der Waals surface area contributed by atoms with Crippen LogP contribution in [0.1, 0.15) is 27.8 Å². The molecule has 12 rings (SSSR count). The van der Waals surface area contributed by atoms with Gasteiger partial charge >= 0.3 is 0 Å². The van der Waals surface area contributed by atoms with E-state index in [4.69, 9.17) is 0 Å². The first-order valence-corrected chi connectivity index (χ1v) is 22.1. The van der Waals surface area contributed by atoms with Crippen LogP contribution in [0.4, 0.5) is 34.1 Å². The molecule has 284 valence electrons. The molecule has 0 saturated heterocycles. The van der Waals surface area contributed by atoms with E-state index in [9.17, 15) is 0 Å². The van der Waals surface area contributed by atoms with E-state index in [0.29, 0.717) is 0 Å². The number of thiophene rings is 1. The zero-order valence-corrected chi connectivity index (χ0v) is 34.6. The van der Waals surface area contributed by atoms with Crippen LogP contribution in [0.2, 0.25) is 0 Å². The first kappa shape index (κ1) is 35.1. The smallest absolute Gasteiger partial charge is 0.0736 e. The van der Waals surface area contributed by atoms with Gasteiger partial charge in [0.2, 0.25) is 0 Å². The van der Waals surface area contributed by atoms with Crippen molar-refractivity contribution in [3.05, 3.63) is 240 Å². The number of nitrogens with zero attached hydrogens (tertiary/aromatic N) is 2. The summed E-state index contributed by atoms with van der Waals surface area (Å²) in [6, 6.07) is 78.3. The molecule has 1 aromatic heterocycles. The van der Waals surface area contributed by atoms with Gasteiger partial charge in [-0.1, -0.05) is 133 Å². The minimum absolute atomic E-state index is 0.446. The fourth-order valence-corrected chi connectivity index (χ4v) is 12.3. The molecule has 4 heteroatoms. The molecule has 0 fully saturated rings. The first-order valence-electron chi connectivity index (χ1n) is 20.5. The molecule has 2 aliphatic rings. The lowest BCUT2D eigenvalue weighted by molar-refractivity contribution is 0.722. The van der Waals surface area contributed by atoms with Gasteiger partial charge in [-0.2, -0.15) is 0 Å². The summed E-state index contributed by atoms with van der Waals surface area (Å²) in [4.78, 5) is 7.42. The molecule has 1 spiro atoms. The predicted octanol–water partition coefficient (Wildman–Crippen LogP) is 16.1. The highest BCUT2D eigenvalue weighted by Crippen LogP contribution is 2.62. The van der Waals surface area contributed by atoms with Crippen LogP contribution in [-0.2, 0) is 5.41 Å². The van der Waals surface area contributed by atoms with Gasteiger partial charge in [0.15, 0.2) is 0 Å². The summed E-state index contributed by atoms with van der Waals surface area (Å²) in [5.74, 6) is 0. The quantitative estimate of drug-likeness (QED) is 0.165. The Bertz CT molecular complexity index is 3180. The molecule has 0 amide bonds. The summed E-state index contributed by atoms with van der Waals surface area (Å²) in [6.07, 6.45) is 0. The third-order valence-corrected chi connectivity index (χ3v) is 14.7. The molecule has 0 atom stereocenters. The molecule has 0 unspecified atom stereocenters. The lowest BCUT2D eigenvalue weighted by Gasteiger charge is -2.40. The van der Waals surface area contributed by atoms with Gasteiger partial charge in [-0.25, -0.2) is 0 Å². The van der Waals surface area contributed by atoms with Crippen molar-refractivity contribution in [1.82, 2.24) is 0 Å². The van der Waals surface area contributed by atoms with E-state index in [2.05, 4.69) is 229 Å². The number of anilines is 6. The van der Waals surface area contributed by atoms with Crippen molar-refractivity contribution in [2.75, 3.05) is 9.80 Å². The van der Waals surface area contributed by atoms with Crippen molar-refractivity contribution in [3.63, 3.8) is 0 Å². The maximum atomic E-state index is 2.49. The number of aryl methyl sites for hydroxylation is 1. The van der Waals surface area contributed by atoms with E-state index in [1.807, 2.05) is 23.1 Å². The van der Waals surface area contributed by atoms with Gasteiger partial charge in [-0.05, 0) is 137 Å². The summed E-state index contributed by atoms with van der Waals surface area (Å²) in [7, 11) is 0. The van der Waals surface area contributed by atoms with Crippen molar-refractivity contribution < 1.29 is 0 Å². The highest BCUT2D eigenvalue weighted by atomic mass is 32.2. The minimum Gasteiger partial charge on any atom is -0.310 e. The second-order valence-corrected chi connectivity index (χ2v) is 17.9. The largest absolute Gasteiger partial charge is 0.310 e. The second-order valence-electron chi connectivity index (χ2n) is 15.7. The number of hydrogen-bond acceptors (Lipinski definition) is 4. The van der Waals surface area contributed by atoms with Gasteiger partial charge in [-0.3, -0.25) is 0 Å². The molecule has 2 nitrogen and oxygen atoms in total. The third kappa shape index (κ3) is 5.28. The topological polar surface area (TPSA) is 6.48 Å². The highest BCUT2D eigenvalue weighted by Gasteiger charge is 2.50. The Hall–Kier alpha value is -6.85. The van der Waals surface area contributed by atoms with Crippen LogP contribution in [0.5, 0.6) is 0 Å². The zero-order chi connectivity index (χ0) is 39.8. The van der Waals surface area contributed by atoms with Crippen molar-refractivity contribution in [3.8, 4) is 11.1 Å². The number of hydrogen-bond donors (Lipinski definition) is 0. The van der Waals surface area contributed by atoms with Crippen molar-refractivity contribution in [2.24, 2.45) is 0 Å². The van der Waals surface area contributed by atoms with Gasteiger partial charge in [0.1, 0.15) is 0 Å². The van der Waals surface area contributed by atoms with Crippen molar-refractivity contribution in [2.45, 2.75) is 22.1 Å². The van der Waals surface area contributed by atoms with Crippen LogP contribution in [0.3, 0.4) is 0 Å². The second kappa shape index (κ2) is 13.9. The molecule has 0 bridgehead atoms. The van der Waals surface area contributed by atoms with Gasteiger partial charge in [0, 0.05) is 64.1 Å². The Morgan fingerprint density at radius 1 is 0.367 bits per heavy atom. The summed E-state index contributed by atoms with van der Waals surface area (Å²) < 4.78 is 2.56. The van der Waals surface area contributed by atoms with Crippen molar-refractivity contribution in [1.29, 1.82) is 0 Å². The molecule has 0 radical (unpaired) electrons. The molecule has 1 aliphatic heterocycles. The lowest BCUT2D eigenvalue weighted by atomic mass is 9.67. The molecule has 60 heavy (non-hydrogen) atoms. The molecule has 2 heterocycles. The molecular weight excluding hydrogens is 765 g/mol. The number of para-hydroxylation sites is 3. The molecule has 0 N–H and O–H groups in total. The maximum Gasteiger partial charge on any atom is 0.0736 e. The van der Waals surface area contributed by atoms with Gasteiger partial charge in [0.05, 0.1) is 5.41 Å². The summed E-state index contributed by atoms with van der Waals surface area (Å²) >= 11 is 3.76. The zero-order valence-electron chi connectivity index (χ0n) is 32.9. The van der Waals surface area contributed by atoms with E-state index in [0.717, 1.165) is 34.1 Å². The van der Waals surface area contributed by atoms with Crippen LogP contribution in [0.25, 0.3) is 31.3 Å². The van der Waals surface area contributed by atoms with Crippen LogP contribution in [0.15, 0.2) is 222 Å². The van der Waals surface area contributed by atoms with Crippen LogP contribution in [0, 0.1) is 6.92 Å². The normalized spacial score (nSPS) is 13.2. The van der Waals surface area contributed by atoms with Crippen LogP contribution < -0.4 is 9.80 Å². The van der Waals surface area contributed by atoms with Gasteiger partial charge in [0.25, 0.3) is 0 Å². The number of benzene rings is 9. The Morgan fingerprint density at radius 3 is 1.50 bits per heavy atom. The fraction of sp³-hybridized carbons (Fsp3) is 0.0357. The number of fused-ring (bicyclic) bond motifs is 12. The summed E-state index contributed by atoms with van der Waals surface area (Å²) in [6.45, 7) is 2.27. The van der Waals surface area contributed by atoms with E-state index in [1.54, 1.807) is 0 Å². The molecule has 10 aromatic rings. The van der Waals surface area contributed by atoms with E-state index in [-0.39, 0.29) is 0 Å². The standard InChI is InChI=1S/C56H38N2S2/c1-37-33-43(57(38-17-5-2-6-18-38)39-19-7-3-8-20-39)36-54-55(37)46-34-41(29-31-51(46)59-54)58(40-21-9-4-10-22-40)42-30-32-53-50(35-42)56(49-27-15-16-28-52(49)60-53)47-25-13-11-23-44(47)45-24-12-14-26-48(45)56/h2-36H,1H3. The monoisotopic (exact) mass is 802 g/mol. The maximum absolute atomic E-state index is 2.49. The average Bonchev–Trinajstić information content (AvgIpc) is 3.82. The fourth-order valence-electron chi connectivity index (χ4n) is 9.96. The molecule has 1 aliphatic carbocycles. The van der Waals surface area contributed by atoms with Crippen molar-refractivity contribution >= 4 is 77.4 Å². The predicted molar refractivity (Wildman–Crippen MR) is 255 cm³/mol. The summed E-state index contributed by atoms with van der Waals surface area (Å²) in [5, 5.41) is 2.59. The average molecular weight is 803 g/mol. The SMILES string of the molecule is Cc1cc(N(c2ccccc2)c2ccccc2)cc2sc3ccc(N(c4ccccc4)c4ccc5c(c4)C4(c6ccccc6S5)c5ccccc5-c5ccccc54)cc3c12. The molecule has 9 aromatic carbocycles. The Balaban J connectivity index is 1.05. The Labute approximate surface area is 358 Å². The van der Waals surface area contributed by atoms with Crippen LogP contribution in [-0.4, -0.2) is 0 Å². The summed E-state index contributed by atoms with van der Waals surface area (Å²) in [5.41, 5.74) is 15.7. The Kier molecular flexibility index (Phi) is 8.13. The third-order valence-electron chi connectivity index (χ3n) is 12.4. The van der Waals surface area contributed by atoms with Gasteiger partial charge in [-0.15, -0.1) is 11.3 Å². The van der Waals surface area contributed by atoms with E-state index >= 15 is 0 Å². The molecular formula is C56H38N2S2. The van der Waals surface area contributed by atoms with Gasteiger partial charge < -0.3 is 9.80 Å². The Morgan fingerprint density at radius 2 is 0.867 bits per heavy atom. The lowest BCUT2D eigenvalue weighted by Crippen LogP contribution is -2.32. The number of rotatable bonds is 6. The van der Waals surface area contributed by atoms with E-state index < -0.39 is 5.41 Å². The minimum atomic E-state index is -0.446.